The summed E-state index contributed by atoms with van der Waals surface area (Å²) >= 11 is 0. The van der Waals surface area contributed by atoms with Crippen molar-refractivity contribution in [1.29, 1.82) is 0 Å². The van der Waals surface area contributed by atoms with E-state index in [2.05, 4.69) is 182 Å². The van der Waals surface area contributed by atoms with E-state index in [1.54, 1.807) is 0 Å². The Kier molecular flexibility index (Phi) is 6.47. The summed E-state index contributed by atoms with van der Waals surface area (Å²) in [6, 6.07) is 70.6. The topological polar surface area (TPSA) is 26.3 Å². The average Bonchev–Trinajstić information content (AvgIpc) is 3.84. The second kappa shape index (κ2) is 11.9. The summed E-state index contributed by atoms with van der Waals surface area (Å²) in [5, 5.41) is 16.6. The minimum absolute atomic E-state index is 0.844. The van der Waals surface area contributed by atoms with Crippen LogP contribution in [0.3, 0.4) is 0 Å². The highest BCUT2D eigenvalue weighted by Gasteiger charge is 2.21. The lowest BCUT2D eigenvalue weighted by atomic mass is 9.83. The van der Waals surface area contributed by atoms with Gasteiger partial charge >= 0.3 is 0 Å². The number of fused-ring (bicyclic) bond motifs is 12. The van der Waals surface area contributed by atoms with Gasteiger partial charge in [-0.1, -0.05) is 158 Å². The first-order valence-electron chi connectivity index (χ1n) is 19.9. The van der Waals surface area contributed by atoms with E-state index in [0.717, 1.165) is 49.3 Å². The van der Waals surface area contributed by atoms with Crippen LogP contribution in [0, 0.1) is 0 Å². The Morgan fingerprint density at radius 1 is 0.259 bits per heavy atom. The third-order valence-electron chi connectivity index (χ3n) is 12.4. The molecule has 0 N–H and O–H groups in total. The molecule has 2 heterocycles. The van der Waals surface area contributed by atoms with Gasteiger partial charge in [-0.25, -0.2) is 0 Å². The number of benzene rings is 11. The van der Waals surface area contributed by atoms with Gasteiger partial charge in [0.05, 0.1) is 5.39 Å². The molecule has 2 aromatic heterocycles. The van der Waals surface area contributed by atoms with Crippen LogP contribution in [-0.4, -0.2) is 0 Å². The molecule has 11 aromatic carbocycles. The Morgan fingerprint density at radius 2 is 0.845 bits per heavy atom. The van der Waals surface area contributed by atoms with E-state index in [9.17, 15) is 0 Å². The maximum absolute atomic E-state index is 6.69. The molecule has 13 rings (SSSR count). The highest BCUT2D eigenvalue weighted by atomic mass is 16.3. The van der Waals surface area contributed by atoms with E-state index in [4.69, 9.17) is 8.83 Å². The van der Waals surface area contributed by atoms with Crippen LogP contribution in [0.4, 0.5) is 0 Å². The Labute approximate surface area is 332 Å². The van der Waals surface area contributed by atoms with E-state index in [1.165, 1.54) is 81.9 Å². The van der Waals surface area contributed by atoms with Crippen molar-refractivity contribution in [2.24, 2.45) is 0 Å². The predicted molar refractivity (Wildman–Crippen MR) is 245 cm³/mol. The third kappa shape index (κ3) is 4.43. The van der Waals surface area contributed by atoms with Gasteiger partial charge in [-0.15, -0.1) is 0 Å². The fourth-order valence-corrected chi connectivity index (χ4v) is 9.87. The Balaban J connectivity index is 1.01. The smallest absolute Gasteiger partial charge is 0.147 e. The zero-order chi connectivity index (χ0) is 37.9. The molecule has 0 aliphatic heterocycles. The van der Waals surface area contributed by atoms with Crippen molar-refractivity contribution >= 4 is 97.7 Å². The van der Waals surface area contributed by atoms with Crippen molar-refractivity contribution in [2.45, 2.75) is 0 Å². The summed E-state index contributed by atoms with van der Waals surface area (Å²) in [7, 11) is 0. The second-order valence-electron chi connectivity index (χ2n) is 15.5. The molecule has 2 nitrogen and oxygen atoms in total. The minimum Gasteiger partial charge on any atom is -0.456 e. The van der Waals surface area contributed by atoms with Crippen molar-refractivity contribution < 1.29 is 8.83 Å². The lowest BCUT2D eigenvalue weighted by Gasteiger charge is -2.20. The van der Waals surface area contributed by atoms with Crippen molar-refractivity contribution in [3.05, 3.63) is 194 Å². The molecule has 0 saturated heterocycles. The minimum atomic E-state index is 0.844. The maximum Gasteiger partial charge on any atom is 0.147 e. The number of para-hydroxylation sites is 1. The van der Waals surface area contributed by atoms with Crippen molar-refractivity contribution in [3.8, 4) is 33.4 Å². The lowest BCUT2D eigenvalue weighted by molar-refractivity contribution is 0.663. The molecule has 0 atom stereocenters. The summed E-state index contributed by atoms with van der Waals surface area (Å²) in [6.07, 6.45) is 0. The molecular weight excluding hydrogens is 705 g/mol. The molecule has 0 spiro atoms. The second-order valence-corrected chi connectivity index (χ2v) is 15.5. The van der Waals surface area contributed by atoms with Crippen LogP contribution >= 0.6 is 0 Å². The fraction of sp³-hybridized carbons (Fsp3) is 0. The Morgan fingerprint density at radius 3 is 1.59 bits per heavy atom. The summed E-state index contributed by atoms with van der Waals surface area (Å²) in [4.78, 5) is 0. The van der Waals surface area contributed by atoms with Gasteiger partial charge in [-0.3, -0.25) is 0 Å². The third-order valence-corrected chi connectivity index (χ3v) is 12.4. The zero-order valence-electron chi connectivity index (χ0n) is 31.3. The van der Waals surface area contributed by atoms with Crippen LogP contribution in [0.1, 0.15) is 0 Å². The first kappa shape index (κ1) is 31.5. The normalized spacial score (nSPS) is 12.1. The number of hydrogen-bond donors (Lipinski definition) is 0. The summed E-state index contributed by atoms with van der Waals surface area (Å²) in [6.45, 7) is 0. The van der Waals surface area contributed by atoms with Crippen LogP contribution in [0.2, 0.25) is 0 Å². The largest absolute Gasteiger partial charge is 0.456 e. The zero-order valence-corrected chi connectivity index (χ0v) is 31.3. The highest BCUT2D eigenvalue weighted by Crippen LogP contribution is 2.48. The van der Waals surface area contributed by atoms with E-state index < -0.39 is 0 Å². The van der Waals surface area contributed by atoms with Crippen LogP contribution in [0.5, 0.6) is 0 Å². The fourth-order valence-electron chi connectivity index (χ4n) is 9.87. The molecule has 0 aliphatic carbocycles. The van der Waals surface area contributed by atoms with Crippen molar-refractivity contribution in [1.82, 2.24) is 0 Å². The summed E-state index contributed by atoms with van der Waals surface area (Å²) in [5.41, 5.74) is 10.9. The van der Waals surface area contributed by atoms with Crippen molar-refractivity contribution in [2.75, 3.05) is 0 Å². The standard InChI is InChI=1S/C56H32O2/c1-2-14-37-33(12-1)13-11-22-41(37)53-42-17-5-7-19-44(42)54(45-20-8-6-18-43(45)53)46-27-26-38(39-15-3-4-16-40(39)46)35-25-24-34-31-49-47-28-29-51-55(48-21-9-10-23-50(48)57-51)56(47)58-52(49)32-36(34)30-35/h1-32H. The summed E-state index contributed by atoms with van der Waals surface area (Å²) in [5.74, 6) is 0. The van der Waals surface area contributed by atoms with Gasteiger partial charge in [-0.2, -0.15) is 0 Å². The maximum atomic E-state index is 6.69. The number of hydrogen-bond acceptors (Lipinski definition) is 2. The molecule has 0 bridgehead atoms. The molecule has 58 heavy (non-hydrogen) atoms. The molecule has 2 heteroatoms. The van der Waals surface area contributed by atoms with Crippen molar-refractivity contribution in [3.63, 3.8) is 0 Å². The van der Waals surface area contributed by atoms with Crippen LogP contribution in [-0.2, 0) is 0 Å². The SMILES string of the molecule is c1ccc2c(-c3c4ccccc4c(-c4ccc(-c5ccc6cc7c(cc6c5)oc5c7ccc6oc7ccccc7c65)c5ccccc45)c4ccccc34)cccc2c1. The van der Waals surface area contributed by atoms with E-state index in [1.807, 2.05) is 12.1 Å². The molecule has 0 amide bonds. The van der Waals surface area contributed by atoms with Gasteiger partial charge in [0.25, 0.3) is 0 Å². The van der Waals surface area contributed by atoms with Crippen LogP contribution < -0.4 is 0 Å². The lowest BCUT2D eigenvalue weighted by Crippen LogP contribution is -1.93. The van der Waals surface area contributed by atoms with Gasteiger partial charge in [-0.05, 0) is 124 Å². The van der Waals surface area contributed by atoms with Crippen LogP contribution in [0.25, 0.3) is 131 Å². The predicted octanol–water partition coefficient (Wildman–Crippen LogP) is 16.3. The van der Waals surface area contributed by atoms with Gasteiger partial charge < -0.3 is 8.83 Å². The van der Waals surface area contributed by atoms with E-state index in [-0.39, 0.29) is 0 Å². The molecule has 0 radical (unpaired) electrons. The average molecular weight is 737 g/mol. The summed E-state index contributed by atoms with van der Waals surface area (Å²) < 4.78 is 12.9. The molecule has 268 valence electrons. The first-order chi connectivity index (χ1) is 28.8. The molecule has 0 aliphatic rings. The molecule has 0 fully saturated rings. The van der Waals surface area contributed by atoms with E-state index in [0.29, 0.717) is 0 Å². The quantitative estimate of drug-likeness (QED) is 0.169. The first-order valence-corrected chi connectivity index (χ1v) is 19.9. The number of furan rings is 2. The van der Waals surface area contributed by atoms with Gasteiger partial charge in [0, 0.05) is 16.2 Å². The molecular formula is C56H32O2. The molecule has 0 unspecified atom stereocenters. The van der Waals surface area contributed by atoms with Crippen LogP contribution in [0.15, 0.2) is 203 Å². The number of rotatable bonds is 3. The highest BCUT2D eigenvalue weighted by molar-refractivity contribution is 6.26. The van der Waals surface area contributed by atoms with E-state index >= 15 is 0 Å². The van der Waals surface area contributed by atoms with Gasteiger partial charge in [0.2, 0.25) is 0 Å². The monoisotopic (exact) mass is 736 g/mol. The Bertz CT molecular complexity index is 3800. The molecule has 13 aromatic rings. The Hall–Kier alpha value is -7.68. The molecule has 0 saturated carbocycles. The van der Waals surface area contributed by atoms with Gasteiger partial charge in [0.15, 0.2) is 0 Å². The van der Waals surface area contributed by atoms with Gasteiger partial charge in [0.1, 0.15) is 22.3 Å².